The van der Waals surface area contributed by atoms with Crippen LogP contribution in [0.1, 0.15) is 46.0 Å². The van der Waals surface area contributed by atoms with E-state index in [4.69, 9.17) is 9.52 Å². The van der Waals surface area contributed by atoms with Gasteiger partial charge in [0.15, 0.2) is 11.6 Å². The number of nitrogens with zero attached hydrogens (tertiary/aromatic N) is 1. The molecule has 2 heterocycles. The van der Waals surface area contributed by atoms with Gasteiger partial charge in [-0.3, -0.25) is 4.90 Å². The van der Waals surface area contributed by atoms with Crippen LogP contribution in [0.3, 0.4) is 0 Å². The topological polar surface area (TPSA) is 53.7 Å². The number of benzene rings is 1. The maximum atomic E-state index is 13.3. The van der Waals surface area contributed by atoms with Gasteiger partial charge in [0.2, 0.25) is 5.76 Å². The molecule has 6 heteroatoms. The lowest BCUT2D eigenvalue weighted by Crippen LogP contribution is -2.20. The molecule has 1 aromatic carbocycles. The van der Waals surface area contributed by atoms with Crippen molar-refractivity contribution in [3.63, 3.8) is 0 Å². The van der Waals surface area contributed by atoms with Crippen molar-refractivity contribution in [2.75, 3.05) is 0 Å². The summed E-state index contributed by atoms with van der Waals surface area (Å²) in [5.41, 5.74) is 2.04. The molecular weight excluding hydrogens is 292 g/mol. The Morgan fingerprint density at radius 3 is 2.23 bits per heavy atom. The first kappa shape index (κ1) is 14.7. The summed E-state index contributed by atoms with van der Waals surface area (Å²) in [7, 11) is 0. The molecule has 0 amide bonds. The maximum absolute atomic E-state index is 13.3. The first-order chi connectivity index (χ1) is 10.4. The molecule has 1 N–H and O–H groups in total. The number of carboxylic acid groups (broad SMARTS) is 1. The van der Waals surface area contributed by atoms with Gasteiger partial charge in [-0.25, -0.2) is 13.6 Å². The number of rotatable bonds is 3. The highest BCUT2D eigenvalue weighted by Crippen LogP contribution is 2.33. The zero-order chi connectivity index (χ0) is 16.0. The molecule has 2 aromatic rings. The van der Waals surface area contributed by atoms with E-state index in [-0.39, 0.29) is 11.8 Å². The second kappa shape index (κ2) is 5.21. The van der Waals surface area contributed by atoms with Gasteiger partial charge in [-0.05, 0) is 43.2 Å². The molecule has 22 heavy (non-hydrogen) atoms. The number of aromatic carboxylic acids is 1. The molecule has 0 saturated carbocycles. The Morgan fingerprint density at radius 1 is 1.23 bits per heavy atom. The molecule has 116 valence electrons. The summed E-state index contributed by atoms with van der Waals surface area (Å²) < 4.78 is 32.0. The van der Waals surface area contributed by atoms with Crippen LogP contribution in [0.4, 0.5) is 8.78 Å². The van der Waals surface area contributed by atoms with Gasteiger partial charge in [0.05, 0.1) is 6.04 Å². The van der Waals surface area contributed by atoms with Crippen molar-refractivity contribution in [2.24, 2.45) is 0 Å². The van der Waals surface area contributed by atoms with Gasteiger partial charge in [0, 0.05) is 18.7 Å². The molecule has 0 bridgehead atoms. The Labute approximate surface area is 126 Å². The molecule has 0 fully saturated rings. The molecule has 1 aromatic heterocycles. The van der Waals surface area contributed by atoms with Crippen molar-refractivity contribution in [3.05, 3.63) is 58.0 Å². The highest BCUT2D eigenvalue weighted by Gasteiger charge is 2.28. The van der Waals surface area contributed by atoms with Crippen LogP contribution in [-0.2, 0) is 13.1 Å². The second-order valence-electron chi connectivity index (χ2n) is 5.58. The Bertz CT molecular complexity index is 723. The van der Waals surface area contributed by atoms with Crippen LogP contribution in [0.25, 0.3) is 0 Å². The van der Waals surface area contributed by atoms with Crippen LogP contribution < -0.4 is 0 Å². The Kier molecular flexibility index (Phi) is 3.48. The van der Waals surface area contributed by atoms with Gasteiger partial charge in [-0.2, -0.15) is 0 Å². The highest BCUT2D eigenvalue weighted by molar-refractivity contribution is 5.86. The van der Waals surface area contributed by atoms with E-state index in [1.54, 1.807) is 13.0 Å². The van der Waals surface area contributed by atoms with Gasteiger partial charge in [0.25, 0.3) is 0 Å². The number of carboxylic acids is 1. The molecule has 0 aliphatic carbocycles. The monoisotopic (exact) mass is 307 g/mol. The number of furan rings is 1. The van der Waals surface area contributed by atoms with Crippen LogP contribution in [-0.4, -0.2) is 16.0 Å². The standard InChI is InChI=1S/C16H15F2NO3/c1-8-3-14(22-15(8)16(20)21)9(2)19-6-10-4-12(17)13(18)5-11(10)7-19/h3-5,9H,6-7H2,1-2H3,(H,20,21). The number of halogens is 2. The molecular formula is C16H15F2NO3. The molecule has 0 saturated heterocycles. The van der Waals surface area contributed by atoms with Crippen molar-refractivity contribution in [1.29, 1.82) is 0 Å². The predicted octanol–water partition coefficient (Wildman–Crippen LogP) is 3.64. The van der Waals surface area contributed by atoms with E-state index in [2.05, 4.69) is 0 Å². The van der Waals surface area contributed by atoms with Crippen molar-refractivity contribution in [2.45, 2.75) is 33.0 Å². The zero-order valence-electron chi connectivity index (χ0n) is 12.2. The minimum atomic E-state index is -1.11. The van der Waals surface area contributed by atoms with Crippen LogP contribution in [0.15, 0.2) is 22.6 Å². The Balaban J connectivity index is 1.84. The first-order valence-electron chi connectivity index (χ1n) is 6.91. The third kappa shape index (κ3) is 2.39. The molecule has 0 spiro atoms. The van der Waals surface area contributed by atoms with Crippen LogP contribution in [0, 0.1) is 18.6 Å². The number of fused-ring (bicyclic) bond motifs is 1. The smallest absolute Gasteiger partial charge is 0.372 e. The van der Waals surface area contributed by atoms with Crippen molar-refractivity contribution < 1.29 is 23.1 Å². The van der Waals surface area contributed by atoms with E-state index in [0.29, 0.717) is 24.4 Å². The van der Waals surface area contributed by atoms with Gasteiger partial charge in [-0.15, -0.1) is 0 Å². The maximum Gasteiger partial charge on any atom is 0.372 e. The second-order valence-corrected chi connectivity index (χ2v) is 5.58. The van der Waals surface area contributed by atoms with Gasteiger partial charge in [0.1, 0.15) is 5.76 Å². The Hall–Kier alpha value is -2.21. The molecule has 4 nitrogen and oxygen atoms in total. The SMILES string of the molecule is Cc1cc(C(C)N2Cc3cc(F)c(F)cc3C2)oc1C(=O)O. The first-order valence-corrected chi connectivity index (χ1v) is 6.91. The normalized spacial score (nSPS) is 15.8. The summed E-state index contributed by atoms with van der Waals surface area (Å²) in [5, 5.41) is 9.04. The minimum absolute atomic E-state index is 0.0735. The van der Waals surface area contributed by atoms with E-state index in [1.807, 2.05) is 11.8 Å². The molecule has 1 atom stereocenters. The third-order valence-corrected chi connectivity index (χ3v) is 4.08. The fourth-order valence-electron chi connectivity index (χ4n) is 2.80. The lowest BCUT2D eigenvalue weighted by Gasteiger charge is -2.21. The van der Waals surface area contributed by atoms with Crippen LogP contribution in [0.5, 0.6) is 0 Å². The summed E-state index contributed by atoms with van der Waals surface area (Å²) in [4.78, 5) is 13.0. The van der Waals surface area contributed by atoms with Gasteiger partial charge >= 0.3 is 5.97 Å². The quantitative estimate of drug-likeness (QED) is 0.940. The lowest BCUT2D eigenvalue weighted by atomic mass is 10.1. The highest BCUT2D eigenvalue weighted by atomic mass is 19.2. The Morgan fingerprint density at radius 2 is 1.77 bits per heavy atom. The van der Waals surface area contributed by atoms with E-state index in [1.165, 1.54) is 12.1 Å². The number of hydrogen-bond acceptors (Lipinski definition) is 3. The molecule has 1 aliphatic heterocycles. The number of carbonyl (C=O) groups is 1. The van der Waals surface area contributed by atoms with Crippen molar-refractivity contribution in [1.82, 2.24) is 4.90 Å². The summed E-state index contributed by atoms with van der Waals surface area (Å²) in [6, 6.07) is 3.93. The lowest BCUT2D eigenvalue weighted by molar-refractivity contribution is 0.0654. The van der Waals surface area contributed by atoms with E-state index < -0.39 is 17.6 Å². The van der Waals surface area contributed by atoms with E-state index >= 15 is 0 Å². The number of hydrogen-bond donors (Lipinski definition) is 1. The largest absolute Gasteiger partial charge is 0.475 e. The van der Waals surface area contributed by atoms with Crippen molar-refractivity contribution >= 4 is 5.97 Å². The average molecular weight is 307 g/mol. The summed E-state index contributed by atoms with van der Waals surface area (Å²) >= 11 is 0. The summed E-state index contributed by atoms with van der Waals surface area (Å²) in [5.74, 6) is -2.35. The molecule has 0 radical (unpaired) electrons. The third-order valence-electron chi connectivity index (χ3n) is 4.08. The molecule has 3 rings (SSSR count). The fraction of sp³-hybridized carbons (Fsp3) is 0.312. The minimum Gasteiger partial charge on any atom is -0.475 e. The zero-order valence-corrected chi connectivity index (χ0v) is 12.2. The average Bonchev–Trinajstić information content (AvgIpc) is 3.02. The fourth-order valence-corrected chi connectivity index (χ4v) is 2.80. The van der Waals surface area contributed by atoms with Gasteiger partial charge in [-0.1, -0.05) is 0 Å². The summed E-state index contributed by atoms with van der Waals surface area (Å²) in [6.07, 6.45) is 0. The molecule has 1 aliphatic rings. The predicted molar refractivity (Wildman–Crippen MR) is 74.4 cm³/mol. The van der Waals surface area contributed by atoms with Crippen LogP contribution in [0.2, 0.25) is 0 Å². The van der Waals surface area contributed by atoms with Crippen LogP contribution >= 0.6 is 0 Å². The number of aryl methyl sites for hydroxylation is 1. The van der Waals surface area contributed by atoms with E-state index in [0.717, 1.165) is 11.1 Å². The van der Waals surface area contributed by atoms with E-state index in [9.17, 15) is 13.6 Å². The van der Waals surface area contributed by atoms with Gasteiger partial charge < -0.3 is 9.52 Å². The van der Waals surface area contributed by atoms with Crippen molar-refractivity contribution in [3.8, 4) is 0 Å². The molecule has 1 unspecified atom stereocenters. The summed E-state index contributed by atoms with van der Waals surface area (Å²) in [6.45, 7) is 4.49.